The molecule has 54 heavy (non-hydrogen) atoms. The molecule has 0 amide bonds. The zero-order valence-electron chi connectivity index (χ0n) is 31.7. The Balaban J connectivity index is 1.11. The Hall–Kier alpha value is -6.44. The quantitative estimate of drug-likeness (QED) is 0.111. The molecule has 0 aliphatic carbocycles. The van der Waals surface area contributed by atoms with Crippen LogP contribution in [0.15, 0.2) is 230 Å². The molecule has 1 heteroatoms. The molecule has 5 aromatic carbocycles. The molecule has 0 spiro atoms. The molecule has 0 N–H and O–H groups in total. The summed E-state index contributed by atoms with van der Waals surface area (Å²) >= 11 is 0. The molecule has 0 atom stereocenters. The van der Waals surface area contributed by atoms with Gasteiger partial charge in [-0.2, -0.15) is 0 Å². The predicted octanol–water partition coefficient (Wildman–Crippen LogP) is 14.5. The Bertz CT molecular complexity index is 2270. The zero-order chi connectivity index (χ0) is 37.5. The smallest absolute Gasteiger partial charge is 0.0494 e. The lowest BCUT2D eigenvalue weighted by Crippen LogP contribution is -2.11. The maximum atomic E-state index is 4.21. The van der Waals surface area contributed by atoms with E-state index in [1.807, 2.05) is 32.1 Å². The molecule has 1 aliphatic rings. The van der Waals surface area contributed by atoms with Crippen LogP contribution in [-0.2, 0) is 12.8 Å². The van der Waals surface area contributed by atoms with Gasteiger partial charge in [0.2, 0.25) is 0 Å². The van der Waals surface area contributed by atoms with E-state index in [1.54, 1.807) is 0 Å². The summed E-state index contributed by atoms with van der Waals surface area (Å²) in [5.41, 5.74) is 15.8. The van der Waals surface area contributed by atoms with Gasteiger partial charge in [0, 0.05) is 23.5 Å². The molecule has 266 valence electrons. The average molecular weight is 700 g/mol. The molecule has 0 unspecified atom stereocenters. The van der Waals surface area contributed by atoms with Gasteiger partial charge >= 0.3 is 0 Å². The van der Waals surface area contributed by atoms with Gasteiger partial charge in [-0.25, -0.2) is 0 Å². The summed E-state index contributed by atoms with van der Waals surface area (Å²) in [7, 11) is 0. The van der Waals surface area contributed by atoms with Gasteiger partial charge in [0.15, 0.2) is 0 Å². The van der Waals surface area contributed by atoms with Gasteiger partial charge in [-0.3, -0.25) is 0 Å². The first-order chi connectivity index (χ1) is 26.5. The number of benzene rings is 5. The van der Waals surface area contributed by atoms with E-state index in [-0.39, 0.29) is 0 Å². The van der Waals surface area contributed by atoms with Crippen LogP contribution in [0.3, 0.4) is 0 Å². The van der Waals surface area contributed by atoms with E-state index in [1.165, 1.54) is 61.6 Å². The highest BCUT2D eigenvalue weighted by Crippen LogP contribution is 2.42. The Morgan fingerprint density at radius 3 is 1.96 bits per heavy atom. The van der Waals surface area contributed by atoms with Crippen molar-refractivity contribution in [3.63, 3.8) is 0 Å². The zero-order valence-corrected chi connectivity index (χ0v) is 31.7. The molecule has 6 rings (SSSR count). The van der Waals surface area contributed by atoms with E-state index < -0.39 is 0 Å². The van der Waals surface area contributed by atoms with Gasteiger partial charge in [-0.1, -0.05) is 183 Å². The number of hydrogen-bond donors (Lipinski definition) is 0. The van der Waals surface area contributed by atoms with Crippen LogP contribution in [0.1, 0.15) is 37.5 Å². The number of allylic oxidation sites excluding steroid dienone is 17. The molecular formula is C53H49N. The van der Waals surface area contributed by atoms with Crippen LogP contribution >= 0.6 is 0 Å². The number of rotatable bonds is 13. The summed E-state index contributed by atoms with van der Waals surface area (Å²) in [6, 6.07) is 45.9. The lowest BCUT2D eigenvalue weighted by molar-refractivity contribution is 1.15. The van der Waals surface area contributed by atoms with Gasteiger partial charge in [-0.05, 0) is 113 Å². The summed E-state index contributed by atoms with van der Waals surface area (Å²) in [5.74, 6) is 0. The second-order valence-electron chi connectivity index (χ2n) is 13.4. The Labute approximate surface area is 323 Å². The number of hydrogen-bond acceptors (Lipinski definition) is 1. The van der Waals surface area contributed by atoms with E-state index in [9.17, 15) is 0 Å². The minimum absolute atomic E-state index is 0.870. The van der Waals surface area contributed by atoms with Crippen LogP contribution in [0.2, 0.25) is 0 Å². The maximum absolute atomic E-state index is 4.21. The second-order valence-corrected chi connectivity index (χ2v) is 13.4. The first-order valence-corrected chi connectivity index (χ1v) is 18.8. The van der Waals surface area contributed by atoms with E-state index in [2.05, 4.69) is 207 Å². The molecule has 0 saturated heterocycles. The highest BCUT2D eigenvalue weighted by atomic mass is 15.2. The number of para-hydroxylation sites is 1. The molecule has 1 heterocycles. The van der Waals surface area contributed by atoms with Crippen LogP contribution in [0.5, 0.6) is 0 Å². The second kappa shape index (κ2) is 18.9. The van der Waals surface area contributed by atoms with Crippen LogP contribution in [0.25, 0.3) is 27.8 Å². The largest absolute Gasteiger partial charge is 0.314 e. The summed E-state index contributed by atoms with van der Waals surface area (Å²) in [6.07, 6.45) is 29.3. The summed E-state index contributed by atoms with van der Waals surface area (Å²) < 4.78 is 0. The van der Waals surface area contributed by atoms with Crippen molar-refractivity contribution in [1.29, 1.82) is 0 Å². The topological polar surface area (TPSA) is 3.24 Å². The highest BCUT2D eigenvalue weighted by molar-refractivity contribution is 5.81. The fraction of sp³-hybridized carbons (Fsp3) is 0.0943. The third kappa shape index (κ3) is 9.70. The Morgan fingerprint density at radius 1 is 0.630 bits per heavy atom. The van der Waals surface area contributed by atoms with E-state index in [0.717, 1.165) is 24.0 Å². The summed E-state index contributed by atoms with van der Waals surface area (Å²) in [4.78, 5) is 2.38. The monoisotopic (exact) mass is 699 g/mol. The third-order valence-corrected chi connectivity index (χ3v) is 9.57. The fourth-order valence-electron chi connectivity index (χ4n) is 6.57. The van der Waals surface area contributed by atoms with Crippen LogP contribution in [0, 0.1) is 0 Å². The molecule has 0 aromatic heterocycles. The van der Waals surface area contributed by atoms with E-state index >= 15 is 0 Å². The predicted molar refractivity (Wildman–Crippen MR) is 236 cm³/mol. The molecule has 5 aromatic rings. The fourth-order valence-corrected chi connectivity index (χ4v) is 6.57. The van der Waals surface area contributed by atoms with Crippen molar-refractivity contribution in [2.24, 2.45) is 0 Å². The molecule has 0 radical (unpaired) electrons. The van der Waals surface area contributed by atoms with Gasteiger partial charge in [0.05, 0.1) is 0 Å². The van der Waals surface area contributed by atoms with E-state index in [4.69, 9.17) is 0 Å². The van der Waals surface area contributed by atoms with Gasteiger partial charge in [0.25, 0.3) is 0 Å². The van der Waals surface area contributed by atoms with E-state index in [0.29, 0.717) is 0 Å². The van der Waals surface area contributed by atoms with Gasteiger partial charge in [-0.15, -0.1) is 0 Å². The highest BCUT2D eigenvalue weighted by Gasteiger charge is 2.25. The van der Waals surface area contributed by atoms with Crippen molar-refractivity contribution in [3.05, 3.63) is 246 Å². The Morgan fingerprint density at radius 2 is 1.28 bits per heavy atom. The van der Waals surface area contributed by atoms with Crippen LogP contribution in [-0.4, -0.2) is 0 Å². The van der Waals surface area contributed by atoms with Crippen LogP contribution < -0.4 is 4.90 Å². The maximum Gasteiger partial charge on any atom is 0.0494 e. The SMILES string of the molecule is C=C(/C=C\C)/C(C)=C\C=C1/Cc2cc(-c3ccc(-c4ccc(C/C=C/C=C\C=C(\C=C/C=C\C)c5ccccc5)cc4)cc3)ccc2N1c1ccccc1. The minimum Gasteiger partial charge on any atom is -0.314 e. The molecule has 1 aliphatic heterocycles. The first-order valence-electron chi connectivity index (χ1n) is 18.8. The summed E-state index contributed by atoms with van der Waals surface area (Å²) in [5, 5.41) is 0. The molecule has 0 bridgehead atoms. The van der Waals surface area contributed by atoms with Crippen molar-refractivity contribution in [2.75, 3.05) is 4.90 Å². The summed E-state index contributed by atoms with van der Waals surface area (Å²) in [6.45, 7) is 10.4. The Kier molecular flexibility index (Phi) is 13.0. The lowest BCUT2D eigenvalue weighted by Gasteiger charge is -2.22. The van der Waals surface area contributed by atoms with Crippen molar-refractivity contribution in [1.82, 2.24) is 0 Å². The minimum atomic E-state index is 0.870. The molecule has 1 nitrogen and oxygen atoms in total. The standard InChI is InChI=1S/C53H49N/c1-5-7-12-21-44(45-23-15-10-16-24-45)22-14-9-8-13-20-43-28-30-46(31-29-43)47-32-34-48(35-33-47)49-36-38-53-50(39-49)40-52(37-27-42(4)41(3)19-6-2)54(53)51-25-17-11-18-26-51/h5-19,21-39H,3,20,40H2,1-2,4H3/b7-5-,13-8+,14-9-,19-6-,21-12-,42-27-,44-22-,52-37+. The van der Waals surface area contributed by atoms with Crippen LogP contribution in [0.4, 0.5) is 11.4 Å². The average Bonchev–Trinajstić information content (AvgIpc) is 3.59. The number of fused-ring (bicyclic) bond motifs is 1. The molecular weight excluding hydrogens is 651 g/mol. The van der Waals surface area contributed by atoms with Gasteiger partial charge in [0.1, 0.15) is 0 Å². The van der Waals surface area contributed by atoms with Crippen molar-refractivity contribution >= 4 is 16.9 Å². The first kappa shape index (κ1) is 37.3. The third-order valence-electron chi connectivity index (χ3n) is 9.57. The number of nitrogens with zero attached hydrogens (tertiary/aromatic N) is 1. The number of anilines is 2. The molecule has 0 saturated carbocycles. The van der Waals surface area contributed by atoms with Crippen molar-refractivity contribution < 1.29 is 0 Å². The van der Waals surface area contributed by atoms with Crippen molar-refractivity contribution in [3.8, 4) is 22.3 Å². The lowest BCUT2D eigenvalue weighted by atomic mass is 9.97. The van der Waals surface area contributed by atoms with Gasteiger partial charge < -0.3 is 4.90 Å². The molecule has 0 fully saturated rings. The normalized spacial score (nSPS) is 14.5. The van der Waals surface area contributed by atoms with Crippen molar-refractivity contribution in [2.45, 2.75) is 33.6 Å².